The number of hydrogen-bond acceptors (Lipinski definition) is 3. The highest BCUT2D eigenvalue weighted by Crippen LogP contribution is 2.25. The molecule has 0 aliphatic rings. The Bertz CT molecular complexity index is 614. The molecule has 0 aliphatic carbocycles. The van der Waals surface area contributed by atoms with Crippen molar-refractivity contribution in [3.8, 4) is 6.07 Å². The topological polar surface area (TPSA) is 53.0 Å². The van der Waals surface area contributed by atoms with E-state index in [2.05, 4.69) is 34.1 Å². The van der Waals surface area contributed by atoms with Gasteiger partial charge < -0.3 is 10.6 Å². The van der Waals surface area contributed by atoms with Crippen LogP contribution in [0.3, 0.4) is 0 Å². The summed E-state index contributed by atoms with van der Waals surface area (Å²) in [5.74, 6) is 0. The number of nitrogens with two attached hydrogens (primary N) is 1. The number of anilines is 2. The van der Waals surface area contributed by atoms with E-state index in [4.69, 9.17) is 11.0 Å². The van der Waals surface area contributed by atoms with Gasteiger partial charge in [0.1, 0.15) is 0 Å². The maximum atomic E-state index is 8.94. The number of benzene rings is 2. The summed E-state index contributed by atoms with van der Waals surface area (Å²) in [5, 5.41) is 8.94. The Morgan fingerprint density at radius 1 is 1.21 bits per heavy atom. The fourth-order valence-corrected chi connectivity index (χ4v) is 2.16. The van der Waals surface area contributed by atoms with Crippen molar-refractivity contribution in [2.24, 2.45) is 0 Å². The smallest absolute Gasteiger partial charge is 0.0992 e. The molecule has 0 saturated carbocycles. The zero-order valence-corrected chi connectivity index (χ0v) is 12.2. The first kappa shape index (κ1) is 13.4. The molecule has 0 amide bonds. The minimum Gasteiger partial charge on any atom is -0.397 e. The van der Waals surface area contributed by atoms with Crippen molar-refractivity contribution in [3.63, 3.8) is 0 Å². The number of hydrogen-bond donors (Lipinski definition) is 1. The van der Waals surface area contributed by atoms with Crippen molar-refractivity contribution in [1.29, 1.82) is 5.26 Å². The summed E-state index contributed by atoms with van der Waals surface area (Å²) < 4.78 is 1.06. The lowest BCUT2D eigenvalue weighted by Gasteiger charge is -2.21. The third-order valence-corrected chi connectivity index (χ3v) is 3.43. The van der Waals surface area contributed by atoms with Crippen molar-refractivity contribution >= 4 is 27.3 Å². The highest BCUT2D eigenvalue weighted by Gasteiger charge is 2.07. The molecular formula is C15H14BrN3. The van der Waals surface area contributed by atoms with Gasteiger partial charge in [-0.1, -0.05) is 28.1 Å². The summed E-state index contributed by atoms with van der Waals surface area (Å²) in [5.41, 5.74) is 9.33. The lowest BCUT2D eigenvalue weighted by Crippen LogP contribution is -2.17. The van der Waals surface area contributed by atoms with Gasteiger partial charge >= 0.3 is 0 Å². The quantitative estimate of drug-likeness (QED) is 0.881. The van der Waals surface area contributed by atoms with Crippen LogP contribution in [0.25, 0.3) is 0 Å². The second-order valence-electron chi connectivity index (χ2n) is 4.37. The van der Waals surface area contributed by atoms with Crippen LogP contribution in [0.4, 0.5) is 11.4 Å². The standard InChI is InChI=1S/C15H14BrN3/c1-19(10-11-2-5-13(16)6-3-11)15-8-12(9-17)4-7-14(15)18/h2-8H,10,18H2,1H3. The van der Waals surface area contributed by atoms with E-state index in [1.165, 1.54) is 5.56 Å². The second-order valence-corrected chi connectivity index (χ2v) is 5.28. The van der Waals surface area contributed by atoms with Gasteiger partial charge in [-0.25, -0.2) is 0 Å². The number of nitriles is 1. The second kappa shape index (κ2) is 5.77. The number of nitrogens with zero attached hydrogens (tertiary/aromatic N) is 2. The van der Waals surface area contributed by atoms with E-state index in [1.54, 1.807) is 12.1 Å². The van der Waals surface area contributed by atoms with Crippen LogP contribution in [-0.2, 0) is 6.54 Å². The molecule has 0 radical (unpaired) electrons. The molecule has 4 heteroatoms. The third kappa shape index (κ3) is 3.27. The average Bonchev–Trinajstić information content (AvgIpc) is 2.42. The fraction of sp³-hybridized carbons (Fsp3) is 0.133. The van der Waals surface area contributed by atoms with E-state index in [1.807, 2.05) is 30.1 Å². The molecule has 0 unspecified atom stereocenters. The SMILES string of the molecule is CN(Cc1ccc(Br)cc1)c1cc(C#N)ccc1N. The van der Waals surface area contributed by atoms with Crippen molar-refractivity contribution in [2.45, 2.75) is 6.54 Å². The van der Waals surface area contributed by atoms with Crippen LogP contribution < -0.4 is 10.6 Å². The van der Waals surface area contributed by atoms with Crippen LogP contribution in [0.15, 0.2) is 46.9 Å². The molecule has 19 heavy (non-hydrogen) atoms. The van der Waals surface area contributed by atoms with Crippen LogP contribution in [0.2, 0.25) is 0 Å². The van der Waals surface area contributed by atoms with Crippen LogP contribution in [0.1, 0.15) is 11.1 Å². The molecule has 96 valence electrons. The molecule has 2 aromatic carbocycles. The zero-order chi connectivity index (χ0) is 13.8. The normalized spacial score (nSPS) is 9.95. The Balaban J connectivity index is 2.22. The molecule has 0 atom stereocenters. The van der Waals surface area contributed by atoms with Gasteiger partial charge in [0.2, 0.25) is 0 Å². The average molecular weight is 316 g/mol. The Labute approximate surface area is 121 Å². The van der Waals surface area contributed by atoms with E-state index in [0.29, 0.717) is 11.3 Å². The summed E-state index contributed by atoms with van der Waals surface area (Å²) in [6.45, 7) is 0.742. The highest BCUT2D eigenvalue weighted by molar-refractivity contribution is 9.10. The first-order chi connectivity index (χ1) is 9.10. The van der Waals surface area contributed by atoms with Crippen LogP contribution in [0.5, 0.6) is 0 Å². The Kier molecular flexibility index (Phi) is 4.08. The molecule has 2 aromatic rings. The lowest BCUT2D eigenvalue weighted by molar-refractivity contribution is 0.924. The predicted octanol–water partition coefficient (Wildman–Crippen LogP) is 3.54. The summed E-state index contributed by atoms with van der Waals surface area (Å²) >= 11 is 3.42. The third-order valence-electron chi connectivity index (χ3n) is 2.90. The Morgan fingerprint density at radius 3 is 2.53 bits per heavy atom. The molecule has 0 saturated heterocycles. The van der Waals surface area contributed by atoms with Gasteiger partial charge in [0.25, 0.3) is 0 Å². The molecule has 3 nitrogen and oxygen atoms in total. The maximum Gasteiger partial charge on any atom is 0.0992 e. The molecule has 2 rings (SSSR count). The maximum absolute atomic E-state index is 8.94. The number of halogens is 1. The number of nitrogen functional groups attached to an aromatic ring is 1. The van der Waals surface area contributed by atoms with E-state index in [9.17, 15) is 0 Å². The van der Waals surface area contributed by atoms with Crippen LogP contribution in [0, 0.1) is 11.3 Å². The van der Waals surface area contributed by atoms with Crippen molar-refractivity contribution in [2.75, 3.05) is 17.7 Å². The predicted molar refractivity (Wildman–Crippen MR) is 81.8 cm³/mol. The fourth-order valence-electron chi connectivity index (χ4n) is 1.89. The van der Waals surface area contributed by atoms with E-state index in [0.717, 1.165) is 16.7 Å². The Hall–Kier alpha value is -1.99. The summed E-state index contributed by atoms with van der Waals surface area (Å²) in [4.78, 5) is 2.04. The van der Waals surface area contributed by atoms with Gasteiger partial charge in [-0.05, 0) is 35.9 Å². The van der Waals surface area contributed by atoms with Crippen molar-refractivity contribution in [3.05, 3.63) is 58.1 Å². The summed E-state index contributed by atoms with van der Waals surface area (Å²) in [7, 11) is 1.97. The summed E-state index contributed by atoms with van der Waals surface area (Å²) in [6, 6.07) is 15.6. The molecule has 2 N–H and O–H groups in total. The van der Waals surface area contributed by atoms with Crippen LogP contribution >= 0.6 is 15.9 Å². The van der Waals surface area contributed by atoms with Crippen molar-refractivity contribution < 1.29 is 0 Å². The Morgan fingerprint density at radius 2 is 1.89 bits per heavy atom. The molecule has 0 bridgehead atoms. The van der Waals surface area contributed by atoms with Gasteiger partial charge in [-0.15, -0.1) is 0 Å². The first-order valence-corrected chi connectivity index (χ1v) is 6.64. The van der Waals surface area contributed by atoms with Gasteiger partial charge in [-0.3, -0.25) is 0 Å². The zero-order valence-electron chi connectivity index (χ0n) is 10.6. The van der Waals surface area contributed by atoms with Gasteiger partial charge in [0, 0.05) is 18.1 Å². The van der Waals surface area contributed by atoms with Gasteiger partial charge in [0.05, 0.1) is 23.0 Å². The van der Waals surface area contributed by atoms with Crippen molar-refractivity contribution in [1.82, 2.24) is 0 Å². The minimum absolute atomic E-state index is 0.617. The molecule has 0 fully saturated rings. The summed E-state index contributed by atoms with van der Waals surface area (Å²) in [6.07, 6.45) is 0. The molecule has 0 aromatic heterocycles. The van der Waals surface area contributed by atoms with E-state index >= 15 is 0 Å². The largest absolute Gasteiger partial charge is 0.397 e. The van der Waals surface area contributed by atoms with E-state index < -0.39 is 0 Å². The molecular weight excluding hydrogens is 302 g/mol. The van der Waals surface area contributed by atoms with Gasteiger partial charge in [-0.2, -0.15) is 5.26 Å². The van der Waals surface area contributed by atoms with Crippen LogP contribution in [-0.4, -0.2) is 7.05 Å². The van der Waals surface area contributed by atoms with Gasteiger partial charge in [0.15, 0.2) is 0 Å². The first-order valence-electron chi connectivity index (χ1n) is 5.85. The molecule has 0 aliphatic heterocycles. The minimum atomic E-state index is 0.617. The van der Waals surface area contributed by atoms with E-state index in [-0.39, 0.29) is 0 Å². The molecule has 0 spiro atoms. The monoisotopic (exact) mass is 315 g/mol. The highest BCUT2D eigenvalue weighted by atomic mass is 79.9. The lowest BCUT2D eigenvalue weighted by atomic mass is 10.1. The molecule has 0 heterocycles. The number of rotatable bonds is 3.